The molecule has 30 heavy (non-hydrogen) atoms. The molecule has 1 aliphatic rings. The van der Waals surface area contributed by atoms with Gasteiger partial charge in [-0.25, -0.2) is 18.4 Å². The van der Waals surface area contributed by atoms with Crippen LogP contribution in [0.15, 0.2) is 64.5 Å². The molecule has 2 aromatic carbocycles. The van der Waals surface area contributed by atoms with E-state index in [1.807, 2.05) is 0 Å². The Balaban J connectivity index is 0.000000589. The van der Waals surface area contributed by atoms with Crippen LogP contribution in [0.4, 0.5) is 11.5 Å². The molecule has 0 saturated heterocycles. The third-order valence-electron chi connectivity index (χ3n) is 4.32. The number of hydrogen-bond acceptors (Lipinski definition) is 6. The number of aromatic nitrogens is 1. The Labute approximate surface area is 175 Å². The predicted octanol–water partition coefficient (Wildman–Crippen LogP) is 3.53. The summed E-state index contributed by atoms with van der Waals surface area (Å²) >= 11 is 0. The van der Waals surface area contributed by atoms with E-state index in [1.54, 1.807) is 30.3 Å². The quantitative estimate of drug-likeness (QED) is 0.550. The zero-order valence-electron chi connectivity index (χ0n) is 16.7. The smallest absolute Gasteiger partial charge is 0.263 e. The van der Waals surface area contributed by atoms with Gasteiger partial charge in [0.15, 0.2) is 0 Å². The molecular formula is C21H23N5O3S. The molecule has 2 heterocycles. The molecule has 0 atom stereocenters. The molecule has 0 saturated carbocycles. The van der Waals surface area contributed by atoms with Gasteiger partial charge < -0.3 is 5.73 Å². The van der Waals surface area contributed by atoms with Crippen molar-refractivity contribution >= 4 is 44.3 Å². The van der Waals surface area contributed by atoms with Crippen LogP contribution in [-0.4, -0.2) is 25.3 Å². The molecular weight excluding hydrogens is 402 g/mol. The number of aliphatic imine (C=N–C) groups is 1. The van der Waals surface area contributed by atoms with Crippen molar-refractivity contribution in [3.05, 3.63) is 60.2 Å². The average molecular weight is 426 g/mol. The van der Waals surface area contributed by atoms with Crippen LogP contribution in [0.1, 0.15) is 37.0 Å². The summed E-state index contributed by atoms with van der Waals surface area (Å²) in [6, 6.07) is 14.2. The Morgan fingerprint density at radius 2 is 1.73 bits per heavy atom. The number of anilines is 1. The molecule has 156 valence electrons. The summed E-state index contributed by atoms with van der Waals surface area (Å²) in [5, 5.41) is 3.08. The van der Waals surface area contributed by atoms with E-state index in [9.17, 15) is 13.2 Å². The first-order valence-electron chi connectivity index (χ1n) is 9.52. The summed E-state index contributed by atoms with van der Waals surface area (Å²) in [6.07, 6.45) is 2.64. The van der Waals surface area contributed by atoms with Gasteiger partial charge >= 0.3 is 0 Å². The van der Waals surface area contributed by atoms with E-state index >= 15 is 0 Å². The van der Waals surface area contributed by atoms with Gasteiger partial charge in [-0.05, 0) is 30.3 Å². The van der Waals surface area contributed by atoms with Gasteiger partial charge in [-0.2, -0.15) is 0 Å². The highest BCUT2D eigenvalue weighted by atomic mass is 32.2. The van der Waals surface area contributed by atoms with Crippen molar-refractivity contribution in [3.8, 4) is 0 Å². The first-order chi connectivity index (χ1) is 14.3. The number of unbranched alkanes of at least 4 members (excludes halogenated alkanes) is 1. The lowest BCUT2D eigenvalue weighted by Gasteiger charge is -2.13. The van der Waals surface area contributed by atoms with E-state index in [2.05, 4.69) is 33.9 Å². The van der Waals surface area contributed by atoms with Crippen LogP contribution in [0.2, 0.25) is 0 Å². The molecule has 1 amide bonds. The van der Waals surface area contributed by atoms with Crippen LogP contribution < -0.4 is 15.8 Å². The third-order valence-corrected chi connectivity index (χ3v) is 5.67. The summed E-state index contributed by atoms with van der Waals surface area (Å²) in [7, 11) is -3.90. The standard InChI is InChI=1S/C17H13N5O3S.C4H10/c18-17-19-10-4-3-5-11(8-10)26(24,25)22-15-9-13(16(23)21-17)12-6-1-2-7-14(12)20-15;1-3-4-2/h1-9H,(H,20,22)(H3,18,19,21,23);3-4H2,1-2H3. The van der Waals surface area contributed by atoms with E-state index in [4.69, 9.17) is 5.73 Å². The molecule has 0 aliphatic carbocycles. The maximum absolute atomic E-state index is 12.7. The van der Waals surface area contributed by atoms with Gasteiger partial charge in [0.2, 0.25) is 5.96 Å². The van der Waals surface area contributed by atoms with Crippen molar-refractivity contribution < 1.29 is 13.2 Å². The zero-order chi connectivity index (χ0) is 21.7. The predicted molar refractivity (Wildman–Crippen MR) is 118 cm³/mol. The van der Waals surface area contributed by atoms with E-state index < -0.39 is 15.9 Å². The maximum atomic E-state index is 12.7. The number of nitrogens with two attached hydrogens (primary N) is 1. The van der Waals surface area contributed by atoms with Gasteiger partial charge in [-0.1, -0.05) is 51.0 Å². The minimum atomic E-state index is -3.90. The number of benzene rings is 2. The number of sulfonamides is 1. The molecule has 0 spiro atoms. The van der Waals surface area contributed by atoms with Gasteiger partial charge in [0.1, 0.15) is 5.82 Å². The van der Waals surface area contributed by atoms with E-state index in [0.29, 0.717) is 16.6 Å². The summed E-state index contributed by atoms with van der Waals surface area (Å²) in [5.41, 5.74) is 6.80. The van der Waals surface area contributed by atoms with Crippen LogP contribution in [0.3, 0.4) is 0 Å². The monoisotopic (exact) mass is 425 g/mol. The largest absolute Gasteiger partial charge is 0.369 e. The molecule has 1 aliphatic heterocycles. The normalized spacial score (nSPS) is 14.7. The van der Waals surface area contributed by atoms with Crippen molar-refractivity contribution in [1.82, 2.24) is 10.3 Å². The number of fused-ring (bicyclic) bond motifs is 6. The molecule has 4 bridgehead atoms. The molecule has 4 rings (SSSR count). The number of rotatable bonds is 1. The molecule has 8 nitrogen and oxygen atoms in total. The molecule has 9 heteroatoms. The van der Waals surface area contributed by atoms with Crippen molar-refractivity contribution in [1.29, 1.82) is 0 Å². The second-order valence-electron chi connectivity index (χ2n) is 6.63. The average Bonchev–Trinajstić information content (AvgIpc) is 2.72. The van der Waals surface area contributed by atoms with Gasteiger partial charge in [-0.15, -0.1) is 0 Å². The molecule has 0 fully saturated rings. The second kappa shape index (κ2) is 8.91. The lowest BCUT2D eigenvalue weighted by atomic mass is 10.1. The number of carbonyl (C=O) groups excluding carboxylic acids is 1. The third kappa shape index (κ3) is 4.74. The number of nitrogens with zero attached hydrogens (tertiary/aromatic N) is 2. The molecule has 4 N–H and O–H groups in total. The molecule has 1 aromatic heterocycles. The maximum Gasteiger partial charge on any atom is 0.263 e. The van der Waals surface area contributed by atoms with Gasteiger partial charge in [0, 0.05) is 5.39 Å². The van der Waals surface area contributed by atoms with Crippen molar-refractivity contribution in [3.63, 3.8) is 0 Å². The first-order valence-corrected chi connectivity index (χ1v) is 11.0. The number of para-hydroxylation sites is 1. The van der Waals surface area contributed by atoms with Gasteiger partial charge in [-0.3, -0.25) is 14.8 Å². The van der Waals surface area contributed by atoms with Crippen molar-refractivity contribution in [2.24, 2.45) is 10.7 Å². The van der Waals surface area contributed by atoms with Crippen molar-refractivity contribution in [2.75, 3.05) is 4.72 Å². The summed E-state index contributed by atoms with van der Waals surface area (Å²) in [4.78, 5) is 21.0. The number of carbonyl (C=O) groups is 1. The highest BCUT2D eigenvalue weighted by Crippen LogP contribution is 2.25. The number of nitrogens with one attached hydrogen (secondary N) is 2. The second-order valence-corrected chi connectivity index (χ2v) is 8.31. The molecule has 0 radical (unpaired) electrons. The highest BCUT2D eigenvalue weighted by molar-refractivity contribution is 7.92. The Morgan fingerprint density at radius 3 is 2.47 bits per heavy atom. The highest BCUT2D eigenvalue weighted by Gasteiger charge is 2.20. The number of amides is 1. The lowest BCUT2D eigenvalue weighted by Crippen LogP contribution is -2.36. The minimum Gasteiger partial charge on any atom is -0.369 e. The summed E-state index contributed by atoms with van der Waals surface area (Å²) in [6.45, 7) is 4.36. The van der Waals surface area contributed by atoms with Crippen LogP contribution >= 0.6 is 0 Å². The minimum absolute atomic E-state index is 0.00922. The van der Waals surface area contributed by atoms with Crippen LogP contribution in [0.5, 0.6) is 0 Å². The van der Waals surface area contributed by atoms with E-state index in [-0.39, 0.29) is 22.2 Å². The SMILES string of the molecule is CCCC.NC1=Nc2cccc(c2)S(=O)(=O)Nc2cc(c3ccccc3n2)C(=O)N1. The van der Waals surface area contributed by atoms with E-state index in [0.717, 1.165) is 0 Å². The topological polar surface area (TPSA) is 127 Å². The fourth-order valence-electron chi connectivity index (χ4n) is 2.68. The Hall–Kier alpha value is -3.46. The Kier molecular flexibility index (Phi) is 6.31. The summed E-state index contributed by atoms with van der Waals surface area (Å²) < 4.78 is 27.7. The number of hydrogen-bond donors (Lipinski definition) is 3. The molecule has 3 aromatic rings. The fourth-order valence-corrected chi connectivity index (χ4v) is 3.71. The van der Waals surface area contributed by atoms with Crippen molar-refractivity contribution in [2.45, 2.75) is 31.6 Å². The number of pyridine rings is 1. The number of guanidine groups is 1. The first kappa shape index (κ1) is 21.3. The van der Waals surface area contributed by atoms with Gasteiger partial charge in [0.25, 0.3) is 15.9 Å². The lowest BCUT2D eigenvalue weighted by molar-refractivity contribution is 0.0978. The Morgan fingerprint density at radius 1 is 1.00 bits per heavy atom. The Bertz CT molecular complexity index is 1220. The summed E-state index contributed by atoms with van der Waals surface area (Å²) in [5.74, 6) is -0.613. The van der Waals surface area contributed by atoms with Crippen LogP contribution in [0, 0.1) is 0 Å². The molecule has 0 unspecified atom stereocenters. The van der Waals surface area contributed by atoms with Crippen LogP contribution in [-0.2, 0) is 10.0 Å². The zero-order valence-corrected chi connectivity index (χ0v) is 17.5. The van der Waals surface area contributed by atoms with E-state index in [1.165, 1.54) is 37.1 Å². The van der Waals surface area contributed by atoms with Gasteiger partial charge in [0.05, 0.1) is 21.7 Å². The fraction of sp³-hybridized carbons (Fsp3) is 0.190. The van der Waals surface area contributed by atoms with Crippen LogP contribution in [0.25, 0.3) is 10.9 Å².